The van der Waals surface area contributed by atoms with Crippen LogP contribution in [-0.4, -0.2) is 47.6 Å². The van der Waals surface area contributed by atoms with Crippen molar-refractivity contribution in [1.29, 1.82) is 0 Å². The van der Waals surface area contributed by atoms with E-state index in [1.807, 2.05) is 0 Å². The van der Waals surface area contributed by atoms with Crippen molar-refractivity contribution in [3.63, 3.8) is 0 Å². The maximum absolute atomic E-state index is 13.3. The molecule has 1 saturated heterocycles. The summed E-state index contributed by atoms with van der Waals surface area (Å²) in [6.45, 7) is 3.53. The van der Waals surface area contributed by atoms with Crippen LogP contribution in [0.15, 0.2) is 64.5 Å². The predicted octanol–water partition coefficient (Wildman–Crippen LogP) is 2.91. The van der Waals surface area contributed by atoms with Gasteiger partial charge in [-0.2, -0.15) is 0 Å². The molecule has 182 valence electrons. The van der Waals surface area contributed by atoms with E-state index in [0.717, 1.165) is 25.9 Å². The second-order valence-electron chi connectivity index (χ2n) is 8.53. The molecule has 0 bridgehead atoms. The lowest BCUT2D eigenvalue weighted by Gasteiger charge is -2.26. The number of anilines is 2. The first-order chi connectivity index (χ1) is 16.9. The van der Waals surface area contributed by atoms with Crippen LogP contribution < -0.4 is 16.0 Å². The number of pyridine rings is 1. The molecule has 5 rings (SSSR count). The fourth-order valence-electron chi connectivity index (χ4n) is 4.23. The number of rotatable bonds is 7. The van der Waals surface area contributed by atoms with Crippen molar-refractivity contribution in [3.05, 3.63) is 66.3 Å². The van der Waals surface area contributed by atoms with E-state index >= 15 is 0 Å². The highest BCUT2D eigenvalue weighted by Crippen LogP contribution is 2.34. The van der Waals surface area contributed by atoms with E-state index in [1.165, 1.54) is 22.6 Å². The third kappa shape index (κ3) is 4.64. The SMILES string of the molecule is Cc1nocc1CC(=O)Nc1cnc2c(ccn2S(=O)(=O)c2ccccc2)c1NC1CCNCC1. The van der Waals surface area contributed by atoms with E-state index in [1.54, 1.807) is 43.3 Å². The monoisotopic (exact) mass is 494 g/mol. The van der Waals surface area contributed by atoms with Gasteiger partial charge in [0, 0.05) is 23.2 Å². The van der Waals surface area contributed by atoms with Gasteiger partial charge in [-0.05, 0) is 51.1 Å². The molecule has 11 heteroatoms. The summed E-state index contributed by atoms with van der Waals surface area (Å²) in [5, 5.41) is 14.2. The molecule has 35 heavy (non-hydrogen) atoms. The Labute approximate surface area is 202 Å². The Kier molecular flexibility index (Phi) is 6.27. The molecule has 1 amide bonds. The molecular formula is C24H26N6O4S. The van der Waals surface area contributed by atoms with E-state index < -0.39 is 10.0 Å². The number of carbonyl (C=O) groups excluding carboxylic acids is 1. The summed E-state index contributed by atoms with van der Waals surface area (Å²) in [5.74, 6) is -0.248. The normalized spacial score (nSPS) is 14.8. The summed E-state index contributed by atoms with van der Waals surface area (Å²) in [5.41, 5.74) is 2.79. The zero-order valence-corrected chi connectivity index (χ0v) is 20.0. The smallest absolute Gasteiger partial charge is 0.269 e. The van der Waals surface area contributed by atoms with Gasteiger partial charge >= 0.3 is 0 Å². The number of nitrogens with zero attached hydrogens (tertiary/aromatic N) is 3. The second-order valence-corrected chi connectivity index (χ2v) is 10.3. The van der Waals surface area contributed by atoms with Crippen LogP contribution >= 0.6 is 0 Å². The quantitative estimate of drug-likeness (QED) is 0.357. The molecule has 1 aliphatic rings. The summed E-state index contributed by atoms with van der Waals surface area (Å²) in [4.78, 5) is 17.4. The van der Waals surface area contributed by atoms with E-state index in [4.69, 9.17) is 4.52 Å². The van der Waals surface area contributed by atoms with Crippen molar-refractivity contribution in [2.75, 3.05) is 23.7 Å². The molecule has 0 atom stereocenters. The molecule has 3 aromatic heterocycles. The number of carbonyl (C=O) groups is 1. The molecular weight excluding hydrogens is 468 g/mol. The van der Waals surface area contributed by atoms with E-state index in [-0.39, 0.29) is 28.9 Å². The zero-order chi connectivity index (χ0) is 24.4. The molecule has 4 heterocycles. The lowest BCUT2D eigenvalue weighted by Crippen LogP contribution is -2.35. The molecule has 0 aliphatic carbocycles. The lowest BCUT2D eigenvalue weighted by molar-refractivity contribution is -0.115. The Morgan fingerprint density at radius 1 is 1.20 bits per heavy atom. The lowest BCUT2D eigenvalue weighted by atomic mass is 10.1. The van der Waals surface area contributed by atoms with Crippen LogP contribution in [-0.2, 0) is 21.2 Å². The van der Waals surface area contributed by atoms with Gasteiger partial charge in [-0.15, -0.1) is 0 Å². The summed E-state index contributed by atoms with van der Waals surface area (Å²) < 4.78 is 32.7. The minimum Gasteiger partial charge on any atom is -0.380 e. The fraction of sp³-hybridized carbons (Fsp3) is 0.292. The van der Waals surface area contributed by atoms with Crippen molar-refractivity contribution < 1.29 is 17.7 Å². The van der Waals surface area contributed by atoms with Gasteiger partial charge in [0.05, 0.1) is 34.6 Å². The van der Waals surface area contributed by atoms with Gasteiger partial charge in [-0.3, -0.25) is 4.79 Å². The van der Waals surface area contributed by atoms with Crippen LogP contribution in [0.25, 0.3) is 11.0 Å². The maximum atomic E-state index is 13.3. The Morgan fingerprint density at radius 2 is 1.97 bits per heavy atom. The Morgan fingerprint density at radius 3 is 2.69 bits per heavy atom. The number of benzene rings is 1. The molecule has 3 N–H and O–H groups in total. The van der Waals surface area contributed by atoms with Gasteiger partial charge < -0.3 is 20.5 Å². The number of aromatic nitrogens is 3. The molecule has 4 aromatic rings. The Bertz CT molecular complexity index is 1460. The molecule has 1 aromatic carbocycles. The third-order valence-electron chi connectivity index (χ3n) is 6.14. The molecule has 1 fully saturated rings. The average Bonchev–Trinajstić information content (AvgIpc) is 3.48. The minimum absolute atomic E-state index is 0.101. The van der Waals surface area contributed by atoms with Gasteiger partial charge in [0.25, 0.3) is 10.0 Å². The Balaban J connectivity index is 1.53. The average molecular weight is 495 g/mol. The van der Waals surface area contributed by atoms with Gasteiger partial charge in [0.2, 0.25) is 5.91 Å². The molecule has 0 saturated carbocycles. The molecule has 10 nitrogen and oxygen atoms in total. The van der Waals surface area contributed by atoms with Crippen molar-refractivity contribution in [3.8, 4) is 0 Å². The van der Waals surface area contributed by atoms with Gasteiger partial charge in [-0.25, -0.2) is 17.4 Å². The molecule has 0 radical (unpaired) electrons. The van der Waals surface area contributed by atoms with Crippen LogP contribution in [0.1, 0.15) is 24.1 Å². The Hall–Kier alpha value is -3.70. The highest BCUT2D eigenvalue weighted by atomic mass is 32.2. The molecule has 1 aliphatic heterocycles. The summed E-state index contributed by atoms with van der Waals surface area (Å²) >= 11 is 0. The predicted molar refractivity (Wildman–Crippen MR) is 132 cm³/mol. The summed E-state index contributed by atoms with van der Waals surface area (Å²) in [6, 6.07) is 10.1. The van der Waals surface area contributed by atoms with Crippen molar-refractivity contribution in [1.82, 2.24) is 19.4 Å². The second kappa shape index (κ2) is 9.51. The van der Waals surface area contributed by atoms with Crippen molar-refractivity contribution in [2.24, 2.45) is 0 Å². The first-order valence-corrected chi connectivity index (χ1v) is 12.8. The standard InChI is InChI=1S/C24H26N6O4S/c1-16-17(15-34-29-16)13-22(31)28-21-14-26-24-20(23(21)27-18-7-10-25-11-8-18)9-12-30(24)35(32,33)19-5-3-2-4-6-19/h2-6,9,12,14-15,18,25H,7-8,10-11,13H2,1H3,(H,26,27)(H,28,31). The summed E-state index contributed by atoms with van der Waals surface area (Å²) in [6.07, 6.45) is 6.36. The van der Waals surface area contributed by atoms with Crippen LogP contribution in [0.4, 0.5) is 11.4 Å². The van der Waals surface area contributed by atoms with Crippen LogP contribution in [0.2, 0.25) is 0 Å². The van der Waals surface area contributed by atoms with Gasteiger partial charge in [0.1, 0.15) is 6.26 Å². The third-order valence-corrected chi connectivity index (χ3v) is 7.82. The fourth-order valence-corrected chi connectivity index (χ4v) is 5.56. The first-order valence-electron chi connectivity index (χ1n) is 11.4. The minimum atomic E-state index is -3.84. The molecule has 0 unspecified atom stereocenters. The van der Waals surface area contributed by atoms with Crippen molar-refractivity contribution in [2.45, 2.75) is 37.1 Å². The number of nitrogens with one attached hydrogen (secondary N) is 3. The topological polar surface area (TPSA) is 131 Å². The number of amides is 1. The number of aryl methyl sites for hydroxylation is 1. The maximum Gasteiger partial charge on any atom is 0.269 e. The van der Waals surface area contributed by atoms with Crippen LogP contribution in [0.5, 0.6) is 0 Å². The number of piperidine rings is 1. The number of hydrogen-bond acceptors (Lipinski definition) is 8. The summed E-state index contributed by atoms with van der Waals surface area (Å²) in [7, 11) is -3.84. The van der Waals surface area contributed by atoms with Gasteiger partial charge in [-0.1, -0.05) is 23.4 Å². The van der Waals surface area contributed by atoms with E-state index in [0.29, 0.717) is 28.0 Å². The first kappa shape index (κ1) is 23.1. The highest BCUT2D eigenvalue weighted by molar-refractivity contribution is 7.90. The van der Waals surface area contributed by atoms with E-state index in [9.17, 15) is 13.2 Å². The van der Waals surface area contributed by atoms with Crippen LogP contribution in [0.3, 0.4) is 0 Å². The van der Waals surface area contributed by atoms with Crippen LogP contribution in [0, 0.1) is 6.92 Å². The largest absolute Gasteiger partial charge is 0.380 e. The molecule has 0 spiro atoms. The van der Waals surface area contributed by atoms with Gasteiger partial charge in [0.15, 0.2) is 5.65 Å². The zero-order valence-electron chi connectivity index (χ0n) is 19.2. The highest BCUT2D eigenvalue weighted by Gasteiger charge is 2.24. The van der Waals surface area contributed by atoms with E-state index in [2.05, 4.69) is 26.1 Å². The van der Waals surface area contributed by atoms with Crippen molar-refractivity contribution >= 4 is 38.3 Å². The number of fused-ring (bicyclic) bond motifs is 1. The number of hydrogen-bond donors (Lipinski definition) is 3.